The number of nitrogens with zero attached hydrogens (tertiary/aromatic N) is 2. The number of benzene rings is 2. The first-order valence-corrected chi connectivity index (χ1v) is 6.94. The lowest BCUT2D eigenvalue weighted by Crippen LogP contribution is -1.69. The molecule has 0 atom stereocenters. The van der Waals surface area contributed by atoms with Crippen molar-refractivity contribution in [2.45, 2.75) is 20.3 Å². The van der Waals surface area contributed by atoms with Gasteiger partial charge in [0.1, 0.15) is 0 Å². The van der Waals surface area contributed by atoms with Gasteiger partial charge in [-0.2, -0.15) is 10.2 Å². The Morgan fingerprint density at radius 1 is 0.762 bits per heavy atom. The van der Waals surface area contributed by atoms with Crippen LogP contribution in [0.4, 0.5) is 0 Å². The summed E-state index contributed by atoms with van der Waals surface area (Å²) in [6, 6.07) is 16.7. The highest BCUT2D eigenvalue weighted by molar-refractivity contribution is 5.81. The first-order chi connectivity index (χ1) is 10.3. The van der Waals surface area contributed by atoms with Gasteiger partial charge in [0, 0.05) is 21.2 Å². The molecule has 0 heterocycles. The van der Waals surface area contributed by atoms with E-state index in [0.29, 0.717) is 0 Å². The van der Waals surface area contributed by atoms with Gasteiger partial charge in [-0.25, -0.2) is 0 Å². The van der Waals surface area contributed by atoms with Gasteiger partial charge in [0.25, 0.3) is 0 Å². The Bertz CT molecular complexity index is 362. The van der Waals surface area contributed by atoms with Crippen LogP contribution in [0.1, 0.15) is 20.3 Å². The van der Waals surface area contributed by atoms with E-state index in [-0.39, 0.29) is 0 Å². The van der Waals surface area contributed by atoms with Crippen molar-refractivity contribution in [3.8, 4) is 0 Å². The number of rotatable bonds is 0. The Morgan fingerprint density at radius 2 is 0.952 bits per heavy atom. The molecule has 4 heteroatoms. The van der Waals surface area contributed by atoms with Crippen LogP contribution in [0.2, 0.25) is 0 Å². The fourth-order valence-electron chi connectivity index (χ4n) is 1.13. The molecule has 0 unspecified atom stereocenters. The summed E-state index contributed by atoms with van der Waals surface area (Å²) >= 11 is 0. The van der Waals surface area contributed by atoms with Crippen molar-refractivity contribution < 1.29 is 5.11 Å². The van der Waals surface area contributed by atoms with Crippen LogP contribution >= 0.6 is 0 Å². The summed E-state index contributed by atoms with van der Waals surface area (Å²) in [5.74, 6) is 0. The lowest BCUT2D eigenvalue weighted by molar-refractivity contribution is 0.399. The summed E-state index contributed by atoms with van der Waals surface area (Å²) in [6.45, 7) is 4.25. The molecule has 0 saturated carbocycles. The third-order valence-electron chi connectivity index (χ3n) is 1.86. The highest BCUT2D eigenvalue weighted by Crippen LogP contribution is 2.11. The summed E-state index contributed by atoms with van der Waals surface area (Å²) in [4.78, 5) is 0. The molecule has 0 amide bonds. The van der Waals surface area contributed by atoms with Crippen LogP contribution in [0.3, 0.4) is 0 Å². The molecule has 0 aliphatic carbocycles. The van der Waals surface area contributed by atoms with E-state index in [1.54, 1.807) is 14.1 Å². The van der Waals surface area contributed by atoms with Crippen molar-refractivity contribution in [2.75, 3.05) is 28.3 Å². The highest BCUT2D eigenvalue weighted by Gasteiger charge is 1.85. The van der Waals surface area contributed by atoms with Crippen molar-refractivity contribution in [3.63, 3.8) is 0 Å². The van der Waals surface area contributed by atoms with E-state index < -0.39 is 0 Å². The molecular formula is C17H31N3O. The molecule has 0 fully saturated rings. The van der Waals surface area contributed by atoms with E-state index in [1.165, 1.54) is 24.2 Å². The fraction of sp³-hybridized carbons (Fsp3) is 0.412. The molecule has 4 nitrogen and oxygen atoms in total. The second-order valence-electron chi connectivity index (χ2n) is 3.45. The van der Waals surface area contributed by atoms with E-state index >= 15 is 0 Å². The van der Waals surface area contributed by atoms with E-state index in [2.05, 4.69) is 78.3 Å². The van der Waals surface area contributed by atoms with Gasteiger partial charge in [-0.3, -0.25) is 0 Å². The number of hydrogen-bond donors (Lipinski definition) is 2. The standard InChI is InChI=1S/C10H8.C3H8.C2H6N2.CH5N.CH4O/c1-2-6-10-8-4-3-7-9(10)5-1;1-3-2;1-3-4-2;2*1-2/h1-8H;3H2,1-2H3;1-2H3;2H2,1H3;2H,1H3. The Morgan fingerprint density at radius 3 is 1.10 bits per heavy atom. The molecule has 0 spiro atoms. The smallest absolute Gasteiger partial charge is 0.0487 e. The minimum Gasteiger partial charge on any atom is -0.400 e. The Balaban J connectivity index is -0.000000251. The summed E-state index contributed by atoms with van der Waals surface area (Å²) in [7, 11) is 5.78. The van der Waals surface area contributed by atoms with Gasteiger partial charge in [-0.1, -0.05) is 68.8 Å². The first kappa shape index (κ1) is 24.3. The highest BCUT2D eigenvalue weighted by atomic mass is 16.2. The van der Waals surface area contributed by atoms with Crippen LogP contribution in [0, 0.1) is 0 Å². The van der Waals surface area contributed by atoms with E-state index in [9.17, 15) is 0 Å². The second-order valence-corrected chi connectivity index (χ2v) is 3.45. The molecular weight excluding hydrogens is 262 g/mol. The summed E-state index contributed by atoms with van der Waals surface area (Å²) in [5, 5.41) is 16.3. The quantitative estimate of drug-likeness (QED) is 0.717. The van der Waals surface area contributed by atoms with Crippen LogP contribution in [0.25, 0.3) is 10.8 Å². The molecule has 120 valence electrons. The van der Waals surface area contributed by atoms with Crippen LogP contribution in [-0.2, 0) is 0 Å². The molecule has 0 aromatic heterocycles. The number of azo groups is 1. The number of aliphatic hydroxyl groups is 1. The largest absolute Gasteiger partial charge is 0.400 e. The zero-order valence-corrected chi connectivity index (χ0v) is 14.2. The Hall–Kier alpha value is -1.78. The molecule has 2 aromatic carbocycles. The van der Waals surface area contributed by atoms with E-state index in [4.69, 9.17) is 5.11 Å². The Kier molecular flexibility index (Phi) is 26.9. The van der Waals surface area contributed by atoms with Crippen molar-refractivity contribution in [3.05, 3.63) is 48.5 Å². The van der Waals surface area contributed by atoms with Gasteiger partial charge < -0.3 is 10.8 Å². The van der Waals surface area contributed by atoms with E-state index in [0.717, 1.165) is 7.11 Å². The minimum atomic E-state index is 1.00. The van der Waals surface area contributed by atoms with Crippen LogP contribution in [-0.4, -0.2) is 33.4 Å². The molecule has 0 saturated heterocycles. The molecule has 2 aromatic rings. The van der Waals surface area contributed by atoms with Crippen molar-refractivity contribution in [1.29, 1.82) is 0 Å². The maximum Gasteiger partial charge on any atom is 0.0487 e. The number of hydrogen-bond acceptors (Lipinski definition) is 4. The molecule has 0 aliphatic rings. The Labute approximate surface area is 129 Å². The molecule has 3 N–H and O–H groups in total. The lowest BCUT2D eigenvalue weighted by Gasteiger charge is -1.92. The van der Waals surface area contributed by atoms with Gasteiger partial charge in [0.15, 0.2) is 0 Å². The van der Waals surface area contributed by atoms with Crippen LogP contribution < -0.4 is 5.73 Å². The second kappa shape index (κ2) is 23.3. The zero-order chi connectivity index (χ0) is 16.9. The van der Waals surface area contributed by atoms with Crippen LogP contribution in [0.5, 0.6) is 0 Å². The molecule has 0 aliphatic heterocycles. The number of nitrogens with two attached hydrogens (primary N) is 1. The summed E-state index contributed by atoms with van der Waals surface area (Å²) < 4.78 is 0. The maximum absolute atomic E-state index is 7.00. The van der Waals surface area contributed by atoms with Gasteiger partial charge >= 0.3 is 0 Å². The van der Waals surface area contributed by atoms with Gasteiger partial charge in [-0.05, 0) is 17.8 Å². The maximum atomic E-state index is 7.00. The average Bonchev–Trinajstić information content (AvgIpc) is 2.59. The molecule has 0 radical (unpaired) electrons. The topological polar surface area (TPSA) is 71.0 Å². The van der Waals surface area contributed by atoms with Crippen molar-refractivity contribution in [2.24, 2.45) is 16.0 Å². The monoisotopic (exact) mass is 293 g/mol. The third kappa shape index (κ3) is 16.2. The number of fused-ring (bicyclic) bond motifs is 1. The number of aliphatic hydroxyl groups excluding tert-OH is 1. The molecule has 0 bridgehead atoms. The molecule has 21 heavy (non-hydrogen) atoms. The average molecular weight is 293 g/mol. The SMILES string of the molecule is CCC.CN.CN=NC.CO.c1ccc2ccccc2c1. The van der Waals surface area contributed by atoms with Crippen molar-refractivity contribution >= 4 is 10.8 Å². The molecule has 2 rings (SSSR count). The predicted octanol–water partition coefficient (Wildman–Crippen LogP) is 4.14. The van der Waals surface area contributed by atoms with Crippen molar-refractivity contribution in [1.82, 2.24) is 0 Å². The fourth-order valence-corrected chi connectivity index (χ4v) is 1.13. The summed E-state index contributed by atoms with van der Waals surface area (Å²) in [5.41, 5.74) is 4.50. The van der Waals surface area contributed by atoms with Gasteiger partial charge in [0.2, 0.25) is 0 Å². The van der Waals surface area contributed by atoms with Crippen LogP contribution in [0.15, 0.2) is 58.8 Å². The van der Waals surface area contributed by atoms with Gasteiger partial charge in [-0.15, -0.1) is 0 Å². The summed E-state index contributed by atoms with van der Waals surface area (Å²) in [6.07, 6.45) is 1.25. The third-order valence-corrected chi connectivity index (χ3v) is 1.86. The first-order valence-electron chi connectivity index (χ1n) is 6.94. The van der Waals surface area contributed by atoms with E-state index in [1.807, 2.05) is 0 Å². The predicted molar refractivity (Wildman–Crippen MR) is 94.9 cm³/mol. The normalized spacial score (nSPS) is 8.00. The minimum absolute atomic E-state index is 1.00. The van der Waals surface area contributed by atoms with Gasteiger partial charge in [0.05, 0.1) is 0 Å². The lowest BCUT2D eigenvalue weighted by atomic mass is 10.1. The zero-order valence-electron chi connectivity index (χ0n) is 14.2.